The summed E-state index contributed by atoms with van der Waals surface area (Å²) in [6.45, 7) is 1.23. The van der Waals surface area contributed by atoms with Crippen LogP contribution in [0.25, 0.3) is 0 Å². The highest BCUT2D eigenvalue weighted by Gasteiger charge is 2.15. The fourth-order valence-corrected chi connectivity index (χ4v) is 2.02. The molecule has 138 valence electrons. The largest absolute Gasteiger partial charge is 0.484 e. The minimum absolute atomic E-state index is 0.307. The predicted molar refractivity (Wildman–Crippen MR) is 89.3 cm³/mol. The van der Waals surface area contributed by atoms with Crippen LogP contribution in [0, 0.1) is 17.5 Å². The number of anilines is 1. The first kappa shape index (κ1) is 19.3. The van der Waals surface area contributed by atoms with E-state index in [1.165, 1.54) is 0 Å². The number of nitrogens with one attached hydrogen (secondary N) is 2. The molecule has 0 aliphatic rings. The molecule has 0 aliphatic heterocycles. The van der Waals surface area contributed by atoms with Gasteiger partial charge in [-0.15, -0.1) is 0 Å². The van der Waals surface area contributed by atoms with Gasteiger partial charge in [0.05, 0.1) is 12.2 Å². The first-order valence-corrected chi connectivity index (χ1v) is 7.82. The number of halogens is 3. The lowest BCUT2D eigenvalue weighted by Gasteiger charge is -2.09. The van der Waals surface area contributed by atoms with Crippen LogP contribution in [0.3, 0.4) is 0 Å². The molecule has 0 fully saturated rings. The minimum atomic E-state index is -1.69. The van der Waals surface area contributed by atoms with Crippen LogP contribution in [0.2, 0.25) is 0 Å². The Bertz CT molecular complexity index is 795. The van der Waals surface area contributed by atoms with Crippen LogP contribution in [0.1, 0.15) is 12.5 Å². The van der Waals surface area contributed by atoms with E-state index in [-0.39, 0.29) is 6.61 Å². The summed E-state index contributed by atoms with van der Waals surface area (Å²) in [4.78, 5) is 23.3. The van der Waals surface area contributed by atoms with E-state index >= 15 is 0 Å². The third-order valence-electron chi connectivity index (χ3n) is 3.46. The quantitative estimate of drug-likeness (QED) is 0.741. The summed E-state index contributed by atoms with van der Waals surface area (Å²) in [6, 6.07) is 8.77. The number of carbonyl (C=O) groups excluding carboxylic acids is 2. The van der Waals surface area contributed by atoms with Crippen molar-refractivity contribution >= 4 is 17.5 Å². The number of ether oxygens (including phenoxy) is 1. The lowest BCUT2D eigenvalue weighted by Crippen LogP contribution is -2.36. The highest BCUT2D eigenvalue weighted by Crippen LogP contribution is 2.19. The molecule has 0 saturated heterocycles. The second kappa shape index (κ2) is 8.89. The molecule has 0 bridgehead atoms. The topological polar surface area (TPSA) is 67.4 Å². The van der Waals surface area contributed by atoms with Crippen LogP contribution < -0.4 is 15.4 Å². The highest BCUT2D eigenvalue weighted by molar-refractivity contribution is 5.94. The van der Waals surface area contributed by atoms with E-state index in [1.807, 2.05) is 24.4 Å². The van der Waals surface area contributed by atoms with Gasteiger partial charge in [-0.2, -0.15) is 0 Å². The highest BCUT2D eigenvalue weighted by atomic mass is 19.2. The van der Waals surface area contributed by atoms with Gasteiger partial charge >= 0.3 is 0 Å². The molecule has 0 radical (unpaired) electrons. The van der Waals surface area contributed by atoms with E-state index in [0.717, 1.165) is 18.1 Å². The van der Waals surface area contributed by atoms with Gasteiger partial charge in [-0.1, -0.05) is 19.1 Å². The summed E-state index contributed by atoms with van der Waals surface area (Å²) >= 11 is 0. The van der Waals surface area contributed by atoms with Crippen molar-refractivity contribution < 1.29 is 27.5 Å². The number of hydrogen-bond acceptors (Lipinski definition) is 3. The molecular formula is C18H17F3N2O3. The molecule has 0 saturated carbocycles. The first-order chi connectivity index (χ1) is 12.4. The molecule has 0 unspecified atom stereocenters. The molecule has 0 aliphatic carbocycles. The van der Waals surface area contributed by atoms with Gasteiger partial charge in [-0.3, -0.25) is 9.59 Å². The Morgan fingerprint density at radius 3 is 2.31 bits per heavy atom. The smallest absolute Gasteiger partial charge is 0.258 e. The summed E-state index contributed by atoms with van der Waals surface area (Å²) in [5, 5.41) is 4.32. The van der Waals surface area contributed by atoms with E-state index in [0.29, 0.717) is 11.8 Å². The molecule has 2 amide bonds. The molecule has 0 atom stereocenters. The molecule has 2 aromatic rings. The number of hydrogen-bond donors (Lipinski definition) is 2. The Hall–Kier alpha value is -3.03. The summed E-state index contributed by atoms with van der Waals surface area (Å²) in [5.74, 6) is -5.41. The second-order valence-electron chi connectivity index (χ2n) is 5.33. The maximum absolute atomic E-state index is 13.4. The van der Waals surface area contributed by atoms with Crippen LogP contribution >= 0.6 is 0 Å². The van der Waals surface area contributed by atoms with E-state index in [4.69, 9.17) is 4.74 Å². The van der Waals surface area contributed by atoms with Crippen molar-refractivity contribution in [3.63, 3.8) is 0 Å². The van der Waals surface area contributed by atoms with Crippen LogP contribution in [-0.2, 0) is 16.0 Å². The van der Waals surface area contributed by atoms with Gasteiger partial charge in [-0.05, 0) is 36.2 Å². The Labute approximate surface area is 148 Å². The lowest BCUT2D eigenvalue weighted by molar-refractivity contribution is -0.125. The van der Waals surface area contributed by atoms with Crippen molar-refractivity contribution in [1.82, 2.24) is 5.32 Å². The third kappa shape index (κ3) is 5.23. The fraction of sp³-hybridized carbons (Fsp3) is 0.222. The number of benzene rings is 2. The van der Waals surface area contributed by atoms with Crippen molar-refractivity contribution in [3.05, 3.63) is 59.4 Å². The summed E-state index contributed by atoms with van der Waals surface area (Å²) in [7, 11) is 0. The zero-order chi connectivity index (χ0) is 19.1. The molecule has 0 spiro atoms. The average Bonchev–Trinajstić information content (AvgIpc) is 2.65. The molecule has 26 heavy (non-hydrogen) atoms. The predicted octanol–water partition coefficient (Wildman–Crippen LogP) is 2.80. The van der Waals surface area contributed by atoms with Gasteiger partial charge in [0.1, 0.15) is 5.75 Å². The van der Waals surface area contributed by atoms with Gasteiger partial charge in [0, 0.05) is 0 Å². The molecule has 2 rings (SSSR count). The molecule has 0 heterocycles. The van der Waals surface area contributed by atoms with Crippen molar-refractivity contribution in [1.29, 1.82) is 0 Å². The zero-order valence-corrected chi connectivity index (χ0v) is 13.9. The summed E-state index contributed by atoms with van der Waals surface area (Å²) < 4.78 is 44.6. The second-order valence-corrected chi connectivity index (χ2v) is 5.33. The lowest BCUT2D eigenvalue weighted by atomic mass is 10.2. The Morgan fingerprint density at radius 2 is 1.65 bits per heavy atom. The standard InChI is InChI=1S/C18H17F3N2O3/c1-2-11-3-5-12(6-4-11)26-10-16(25)22-9-15(24)23-14-8-7-13(19)17(20)18(14)21/h3-8H,2,9-10H2,1H3,(H,22,25)(H,23,24). The fourth-order valence-electron chi connectivity index (χ4n) is 2.02. The Kier molecular flexibility index (Phi) is 6.60. The van der Waals surface area contributed by atoms with E-state index in [2.05, 4.69) is 5.32 Å². The molecular weight excluding hydrogens is 349 g/mol. The van der Waals surface area contributed by atoms with Gasteiger partial charge < -0.3 is 15.4 Å². The SMILES string of the molecule is CCc1ccc(OCC(=O)NCC(=O)Nc2ccc(F)c(F)c2F)cc1. The van der Waals surface area contributed by atoms with Crippen LogP contribution in [-0.4, -0.2) is 25.0 Å². The maximum atomic E-state index is 13.4. The molecule has 5 nitrogen and oxygen atoms in total. The van der Waals surface area contributed by atoms with Gasteiger partial charge in [-0.25, -0.2) is 13.2 Å². The van der Waals surface area contributed by atoms with Crippen molar-refractivity contribution in [3.8, 4) is 5.75 Å². The normalized spacial score (nSPS) is 10.3. The Morgan fingerprint density at radius 1 is 0.962 bits per heavy atom. The summed E-state index contributed by atoms with van der Waals surface area (Å²) in [6.07, 6.45) is 0.883. The van der Waals surface area contributed by atoms with Crippen LogP contribution in [0.4, 0.5) is 18.9 Å². The number of amides is 2. The van der Waals surface area contributed by atoms with E-state index < -0.39 is 41.5 Å². The van der Waals surface area contributed by atoms with Crippen molar-refractivity contribution in [2.24, 2.45) is 0 Å². The molecule has 0 aromatic heterocycles. The van der Waals surface area contributed by atoms with Crippen molar-refractivity contribution in [2.75, 3.05) is 18.5 Å². The van der Waals surface area contributed by atoms with Crippen LogP contribution in [0.15, 0.2) is 36.4 Å². The molecule has 8 heteroatoms. The van der Waals surface area contributed by atoms with Crippen LogP contribution in [0.5, 0.6) is 5.75 Å². The number of rotatable bonds is 7. The average molecular weight is 366 g/mol. The van der Waals surface area contributed by atoms with Gasteiger partial charge in [0.2, 0.25) is 5.91 Å². The summed E-state index contributed by atoms with van der Waals surface area (Å²) in [5.41, 5.74) is 0.610. The molecule has 2 aromatic carbocycles. The Balaban J connectivity index is 1.77. The number of aryl methyl sites for hydroxylation is 1. The molecule has 2 N–H and O–H groups in total. The maximum Gasteiger partial charge on any atom is 0.258 e. The third-order valence-corrected chi connectivity index (χ3v) is 3.46. The minimum Gasteiger partial charge on any atom is -0.484 e. The monoisotopic (exact) mass is 366 g/mol. The van der Waals surface area contributed by atoms with Gasteiger partial charge in [0.15, 0.2) is 24.1 Å². The number of carbonyl (C=O) groups is 2. The zero-order valence-electron chi connectivity index (χ0n) is 13.9. The van der Waals surface area contributed by atoms with Crippen molar-refractivity contribution in [2.45, 2.75) is 13.3 Å². The van der Waals surface area contributed by atoms with Gasteiger partial charge in [0.25, 0.3) is 5.91 Å². The van der Waals surface area contributed by atoms with E-state index in [9.17, 15) is 22.8 Å². The van der Waals surface area contributed by atoms with E-state index in [1.54, 1.807) is 12.1 Å². The first-order valence-electron chi connectivity index (χ1n) is 7.82.